The lowest BCUT2D eigenvalue weighted by Gasteiger charge is -2.22. The predicted molar refractivity (Wildman–Crippen MR) is 560 cm³/mol. The van der Waals surface area contributed by atoms with Gasteiger partial charge in [0.15, 0.2) is 0 Å². The number of H-pyrrole nitrogens is 5. The number of allylic oxidation sites excluding steroid dienone is 3. The van der Waals surface area contributed by atoms with Gasteiger partial charge in [0, 0.05) is 120 Å². The van der Waals surface area contributed by atoms with Crippen molar-refractivity contribution >= 4 is 151 Å². The third-order valence-electron chi connectivity index (χ3n) is 29.4. The zero-order valence-corrected chi connectivity index (χ0v) is 79.5. The maximum absolute atomic E-state index is 12.6. The van der Waals surface area contributed by atoms with Gasteiger partial charge >= 0.3 is 0 Å². The lowest BCUT2D eigenvalue weighted by molar-refractivity contribution is -0.130. The number of fused-ring (bicyclic) bond motifs is 15. The molecule has 0 spiro atoms. The number of nitrogen functional groups attached to an aromatic ring is 5. The molecule has 141 heavy (non-hydrogen) atoms. The fraction of sp³-hybridized carbons (Fsp3) is 0.309. The van der Waals surface area contributed by atoms with E-state index in [1.807, 2.05) is 114 Å². The van der Waals surface area contributed by atoms with Crippen molar-refractivity contribution in [3.8, 4) is 22.5 Å². The molecule has 2 amide bonds. The van der Waals surface area contributed by atoms with Gasteiger partial charge in [0.2, 0.25) is 11.8 Å². The molecule has 2 aliphatic carbocycles. The minimum Gasteiger partial charge on any atom is -0.382 e. The van der Waals surface area contributed by atoms with E-state index >= 15 is 0 Å². The van der Waals surface area contributed by atoms with Gasteiger partial charge in [0.05, 0.1) is 71.2 Å². The molecule has 2 atom stereocenters. The van der Waals surface area contributed by atoms with Gasteiger partial charge in [-0.2, -0.15) is 10.2 Å². The van der Waals surface area contributed by atoms with E-state index in [0.717, 1.165) is 222 Å². The van der Waals surface area contributed by atoms with Gasteiger partial charge in [-0.05, 0) is 190 Å². The molecule has 714 valence electrons. The van der Waals surface area contributed by atoms with Gasteiger partial charge in [-0.1, -0.05) is 156 Å². The molecule has 31 nitrogen and oxygen atoms in total. The van der Waals surface area contributed by atoms with Gasteiger partial charge in [0.25, 0.3) is 0 Å². The number of hydrogen-bond donors (Lipinski definition) is 10. The standard InChI is InChI=1S/C24H21N7O.C23H29N5.C22H27N5.C22H21N5.C19H19N7O/c25-24-23-22(18-8-7-17(12-19(18)27-24)31-10-4-9-26-31)28-20(29-23)14-30-13-16(11-21(30)32)15-5-2-1-3-6-15;1-15-7-6-12-28(15)14-20-26-21-18-11-10-17(16-8-4-2-3-5-9-16)13-19(18)25-23(24)22(21)27-20;2*1-14-6-5-11-27(14)13-19-25-20-17-10-9-16(15-7-3-2-4-8-15)12-18(17)24-22(23)21(20)26-19;1-11(25-8-2-4-15(25)27)19-23-16-13-6-5-12(26-9-3-7-21-26)10-14(13)22-18(20)17(16)24-19/h1-10,12,16H,11,13-14H2,(H2,25,27)(H,28,29);10-11,13,16H,1-9,12,14H2,(H2,24,25)(H,26,27);9-10,12,15H,1-8,11,13H2,(H2,23,24)(H,25,26);2-4,7-10,12H,1,5-6,11,13H2,(H2,23,24)(H,25,26);3,5-7,9-11H,2,4,8H2,1H3,(H2,20,22)(H,23,24). The maximum atomic E-state index is 12.6. The summed E-state index contributed by atoms with van der Waals surface area (Å²) in [6, 6.07) is 55.6. The first-order valence-electron chi connectivity index (χ1n) is 49.7. The van der Waals surface area contributed by atoms with Gasteiger partial charge in [0.1, 0.15) is 113 Å². The van der Waals surface area contributed by atoms with Gasteiger partial charge in [-0.3, -0.25) is 9.59 Å². The first-order chi connectivity index (χ1) is 68.8. The number of nitrogens with zero attached hydrogens (tertiary/aromatic N) is 19. The number of likely N-dealkylation sites (tertiary alicyclic amines) is 5. The Morgan fingerprint density at radius 3 is 1.13 bits per heavy atom. The summed E-state index contributed by atoms with van der Waals surface area (Å²) in [4.78, 5) is 99.4. The molecule has 12 aromatic heterocycles. The fourth-order valence-corrected chi connectivity index (χ4v) is 21.8. The van der Waals surface area contributed by atoms with E-state index in [4.69, 9.17) is 63.6 Å². The van der Waals surface area contributed by atoms with E-state index in [-0.39, 0.29) is 23.8 Å². The first-order valence-corrected chi connectivity index (χ1v) is 49.7. The molecule has 7 fully saturated rings. The number of benzene rings is 7. The average Bonchev–Trinajstić information content (AvgIpc) is 1.66. The van der Waals surface area contributed by atoms with E-state index < -0.39 is 0 Å². The normalized spacial score (nSPS) is 16.9. The van der Waals surface area contributed by atoms with Crippen LogP contribution in [0.1, 0.15) is 205 Å². The molecular formula is C110H117N29O2. The van der Waals surface area contributed by atoms with Crippen LogP contribution in [0.3, 0.4) is 0 Å². The zero-order valence-electron chi connectivity index (χ0n) is 79.5. The minimum absolute atomic E-state index is 0.120. The highest BCUT2D eigenvalue weighted by atomic mass is 16.2. The van der Waals surface area contributed by atoms with E-state index in [1.165, 1.54) is 117 Å². The number of anilines is 5. The molecule has 5 aliphatic heterocycles. The number of pyridine rings is 5. The predicted octanol–water partition coefficient (Wildman–Crippen LogP) is 20.5. The van der Waals surface area contributed by atoms with Crippen LogP contribution in [0.25, 0.3) is 132 Å². The number of hydrogen-bond acceptors (Lipinski definition) is 22. The van der Waals surface area contributed by atoms with Crippen molar-refractivity contribution < 1.29 is 9.59 Å². The fourth-order valence-electron chi connectivity index (χ4n) is 21.8. The minimum atomic E-state index is -0.120. The Labute approximate surface area is 814 Å². The van der Waals surface area contributed by atoms with Gasteiger partial charge in [-0.25, -0.2) is 59.2 Å². The van der Waals surface area contributed by atoms with Crippen LogP contribution in [0.5, 0.6) is 0 Å². The SMILES string of the molecule is C=C1CCCN1Cc1nc2c([nH]1)c(N)nc1cc(-c3ccccc3)ccc12.C=C1CCCN1Cc1nc2c([nH]1)c(N)nc1cc(C3CCCCC3)ccc12.C=C1CCCN1Cc1nc2c([nH]1)c(N)nc1cc(C3CCCCCC3)ccc12.CC(c1nc2c([nH]1)c(N)nc1cc(-n3cccn3)ccc12)N1CCCC1=O.Nc1nc2cc(-n3cccn3)ccc2c2nc(CN3CC(c4ccccc4)CC3=O)[nH]c12. The Bertz CT molecular complexity index is 7960. The zero-order chi connectivity index (χ0) is 96.0. The van der Waals surface area contributed by atoms with Crippen LogP contribution in [0.4, 0.5) is 29.1 Å². The largest absolute Gasteiger partial charge is 0.382 e. The Kier molecular flexibility index (Phi) is 24.7. The highest BCUT2D eigenvalue weighted by Gasteiger charge is 2.34. The summed E-state index contributed by atoms with van der Waals surface area (Å²) in [5, 5.41) is 13.5. The van der Waals surface area contributed by atoms with E-state index in [2.05, 4.69) is 163 Å². The highest BCUT2D eigenvalue weighted by molar-refractivity contribution is 6.11. The molecule has 15 N–H and O–H groups in total. The molecule has 0 radical (unpaired) electrons. The highest BCUT2D eigenvalue weighted by Crippen LogP contribution is 2.42. The number of aromatic amines is 5. The number of amides is 2. The molecule has 26 rings (SSSR count). The van der Waals surface area contributed by atoms with Crippen molar-refractivity contribution in [2.75, 3.05) is 61.4 Å². The van der Waals surface area contributed by atoms with Crippen molar-refractivity contribution in [2.45, 2.75) is 185 Å². The number of aromatic nitrogens is 19. The lowest BCUT2D eigenvalue weighted by atomic mass is 9.84. The second kappa shape index (κ2) is 38.7. The van der Waals surface area contributed by atoms with Gasteiger partial charge in [-0.15, -0.1) is 0 Å². The second-order valence-corrected chi connectivity index (χ2v) is 38.7. The Hall–Kier alpha value is -16.1. The van der Waals surface area contributed by atoms with Crippen molar-refractivity contribution in [3.05, 3.63) is 271 Å². The molecule has 7 aromatic carbocycles. The summed E-state index contributed by atoms with van der Waals surface area (Å²) in [6.07, 6.45) is 30.6. The molecular weight excluding hydrogens is 1760 g/mol. The molecule has 31 heteroatoms. The second-order valence-electron chi connectivity index (χ2n) is 38.7. The lowest BCUT2D eigenvalue weighted by Crippen LogP contribution is -2.28. The third-order valence-corrected chi connectivity index (χ3v) is 29.4. The molecule has 7 aliphatic rings. The Balaban J connectivity index is 0.000000101. The summed E-state index contributed by atoms with van der Waals surface area (Å²) < 4.78 is 3.55. The molecule has 19 aromatic rings. The van der Waals surface area contributed by atoms with Crippen molar-refractivity contribution in [1.29, 1.82) is 0 Å². The summed E-state index contributed by atoms with van der Waals surface area (Å²) in [7, 11) is 0. The molecule has 17 heterocycles. The van der Waals surface area contributed by atoms with E-state index in [9.17, 15) is 9.59 Å². The summed E-state index contributed by atoms with van der Waals surface area (Å²) in [6.45, 7) is 21.7. The molecule has 2 unspecified atom stereocenters. The number of rotatable bonds is 16. The van der Waals surface area contributed by atoms with Crippen LogP contribution in [0, 0.1) is 0 Å². The molecule has 0 bridgehead atoms. The Morgan fingerprint density at radius 2 is 0.723 bits per heavy atom. The number of carbonyl (C=O) groups is 2. The third kappa shape index (κ3) is 18.5. The number of carbonyl (C=O) groups excluding carboxylic acids is 2. The number of nitrogens with two attached hydrogens (primary N) is 5. The number of nitrogens with one attached hydrogen (secondary N) is 5. The van der Waals surface area contributed by atoms with E-state index in [0.29, 0.717) is 83.7 Å². The van der Waals surface area contributed by atoms with Crippen LogP contribution < -0.4 is 28.7 Å². The molecule has 2 saturated carbocycles. The topological polar surface area (TPSA) is 424 Å². The van der Waals surface area contributed by atoms with Crippen LogP contribution >= 0.6 is 0 Å². The van der Waals surface area contributed by atoms with Crippen LogP contribution in [-0.2, 0) is 35.8 Å². The van der Waals surface area contributed by atoms with Crippen LogP contribution in [-0.4, -0.2) is 163 Å². The van der Waals surface area contributed by atoms with Crippen LogP contribution in [0.15, 0.2) is 225 Å². The quantitative estimate of drug-likeness (QED) is 0.0402. The van der Waals surface area contributed by atoms with Crippen molar-refractivity contribution in [3.63, 3.8) is 0 Å². The first kappa shape index (κ1) is 90.1. The Morgan fingerprint density at radius 1 is 0.348 bits per heavy atom. The molecule has 5 saturated heterocycles. The van der Waals surface area contributed by atoms with Crippen molar-refractivity contribution in [2.24, 2.45) is 0 Å². The van der Waals surface area contributed by atoms with Crippen LogP contribution in [0.2, 0.25) is 0 Å². The van der Waals surface area contributed by atoms with E-state index in [1.54, 1.807) is 21.8 Å². The summed E-state index contributed by atoms with van der Waals surface area (Å²) >= 11 is 0. The average molecular weight is 1880 g/mol. The maximum Gasteiger partial charge on any atom is 0.223 e. The monoisotopic (exact) mass is 1880 g/mol. The van der Waals surface area contributed by atoms with Gasteiger partial charge < -0.3 is 78.1 Å². The number of imidazole rings is 5. The smallest absolute Gasteiger partial charge is 0.223 e. The van der Waals surface area contributed by atoms with Crippen molar-refractivity contribution in [1.82, 2.24) is 119 Å². The summed E-state index contributed by atoms with van der Waals surface area (Å²) in [5.74, 6) is 8.41. The summed E-state index contributed by atoms with van der Waals surface area (Å²) in [5.41, 5.74) is 55.5.